The molecule has 2 heterocycles. The Labute approximate surface area is 181 Å². The average molecular weight is 419 g/mol. The van der Waals surface area contributed by atoms with Gasteiger partial charge in [0.2, 0.25) is 0 Å². The molecule has 0 saturated carbocycles. The molecule has 0 bridgehead atoms. The van der Waals surface area contributed by atoms with Crippen LogP contribution < -0.4 is 15.8 Å². The van der Waals surface area contributed by atoms with Gasteiger partial charge in [0.25, 0.3) is 0 Å². The van der Waals surface area contributed by atoms with Crippen LogP contribution in [-0.4, -0.2) is 35.5 Å². The molecule has 1 aromatic carbocycles. The highest BCUT2D eigenvalue weighted by Gasteiger charge is 2.08. The Morgan fingerprint density at radius 1 is 1.10 bits per heavy atom. The lowest BCUT2D eigenvalue weighted by Gasteiger charge is -2.14. The van der Waals surface area contributed by atoms with Gasteiger partial charge < -0.3 is 11.1 Å². The lowest BCUT2D eigenvalue weighted by atomic mass is 10.0. The molecule has 0 aliphatic rings. The van der Waals surface area contributed by atoms with Crippen LogP contribution in [-0.2, 0) is 6.54 Å². The van der Waals surface area contributed by atoms with Crippen molar-refractivity contribution in [2.75, 3.05) is 24.7 Å². The number of hydrogen-bond donors (Lipinski definition) is 3. The van der Waals surface area contributed by atoms with Crippen LogP contribution in [0.25, 0.3) is 16.8 Å². The summed E-state index contributed by atoms with van der Waals surface area (Å²) in [5.41, 5.74) is 12.2. The largest absolute Gasteiger partial charge is 0.398 e. The maximum absolute atomic E-state index is 6.44. The van der Waals surface area contributed by atoms with Crippen molar-refractivity contribution in [3.63, 3.8) is 0 Å². The van der Waals surface area contributed by atoms with Crippen LogP contribution in [0.4, 0.5) is 5.69 Å². The highest BCUT2D eigenvalue weighted by atomic mass is 32.2. The van der Waals surface area contributed by atoms with Gasteiger partial charge in [-0.3, -0.25) is 19.7 Å². The molecule has 3 aromatic rings. The zero-order chi connectivity index (χ0) is 21.0. The molecule has 0 amide bonds. The minimum atomic E-state index is 0.569. The molecule has 0 radical (unpaired) electrons. The van der Waals surface area contributed by atoms with E-state index >= 15 is 0 Å². The van der Waals surface area contributed by atoms with Crippen LogP contribution in [0.1, 0.15) is 11.1 Å². The number of nitrogens with one attached hydrogen (secondary N) is 2. The van der Waals surface area contributed by atoms with Crippen molar-refractivity contribution in [2.45, 2.75) is 6.54 Å². The van der Waals surface area contributed by atoms with E-state index in [0.717, 1.165) is 40.2 Å². The summed E-state index contributed by atoms with van der Waals surface area (Å²) in [6, 6.07) is 14.1. The van der Waals surface area contributed by atoms with Gasteiger partial charge in [-0.2, -0.15) is 0 Å². The van der Waals surface area contributed by atoms with E-state index in [1.54, 1.807) is 30.6 Å². The van der Waals surface area contributed by atoms with E-state index in [9.17, 15) is 0 Å². The molecule has 154 valence electrons. The van der Waals surface area contributed by atoms with Gasteiger partial charge in [0.1, 0.15) is 0 Å². The first kappa shape index (κ1) is 21.5. The van der Waals surface area contributed by atoms with Crippen LogP contribution in [0.2, 0.25) is 0 Å². The molecular formula is C23H26N6S. The van der Waals surface area contributed by atoms with Gasteiger partial charge in [0.05, 0.1) is 6.54 Å². The van der Waals surface area contributed by atoms with E-state index in [0.29, 0.717) is 12.2 Å². The van der Waals surface area contributed by atoms with E-state index < -0.39 is 0 Å². The van der Waals surface area contributed by atoms with Crippen molar-refractivity contribution in [1.82, 2.24) is 14.7 Å². The Morgan fingerprint density at radius 3 is 2.67 bits per heavy atom. The molecule has 30 heavy (non-hydrogen) atoms. The lowest BCUT2D eigenvalue weighted by molar-refractivity contribution is 1.05. The minimum Gasteiger partial charge on any atom is -0.398 e. The Bertz CT molecular complexity index is 973. The van der Waals surface area contributed by atoms with E-state index in [4.69, 9.17) is 5.73 Å². The third kappa shape index (κ3) is 6.43. The van der Waals surface area contributed by atoms with Crippen LogP contribution in [0.5, 0.6) is 0 Å². The van der Waals surface area contributed by atoms with Gasteiger partial charge in [0.15, 0.2) is 0 Å². The van der Waals surface area contributed by atoms with Gasteiger partial charge in [0, 0.05) is 65.8 Å². The number of hydrogen-bond acceptors (Lipinski definition) is 7. The maximum Gasteiger partial charge on any atom is 0.0654 e. The van der Waals surface area contributed by atoms with Crippen LogP contribution >= 0.6 is 11.9 Å². The number of anilines is 1. The van der Waals surface area contributed by atoms with E-state index in [-0.39, 0.29) is 0 Å². The molecule has 0 unspecified atom stereocenters. The molecule has 4 N–H and O–H groups in total. The van der Waals surface area contributed by atoms with E-state index in [2.05, 4.69) is 43.2 Å². The summed E-state index contributed by atoms with van der Waals surface area (Å²) >= 11 is 1.66. The van der Waals surface area contributed by atoms with Gasteiger partial charge >= 0.3 is 0 Å². The van der Waals surface area contributed by atoms with Crippen molar-refractivity contribution >= 4 is 29.5 Å². The second-order valence-corrected chi connectivity index (χ2v) is 7.56. The van der Waals surface area contributed by atoms with Crippen LogP contribution in [0, 0.1) is 0 Å². The third-order valence-corrected chi connectivity index (χ3v) is 5.04. The number of pyridine rings is 2. The Kier molecular flexibility index (Phi) is 8.44. The fourth-order valence-corrected chi connectivity index (χ4v) is 3.27. The summed E-state index contributed by atoms with van der Waals surface area (Å²) in [6.07, 6.45) is 10.8. The predicted molar refractivity (Wildman–Crippen MR) is 128 cm³/mol. The topological polar surface area (TPSA) is 88.2 Å². The fraction of sp³-hybridized carbons (Fsp3) is 0.174. The molecule has 2 aromatic heterocycles. The molecule has 0 aliphatic carbocycles. The zero-order valence-electron chi connectivity index (χ0n) is 17.0. The summed E-state index contributed by atoms with van der Waals surface area (Å²) < 4.78 is 3.08. The molecule has 6 nitrogen and oxygen atoms in total. The summed E-state index contributed by atoms with van der Waals surface area (Å²) in [5.74, 6) is 0.941. The fourth-order valence-electron chi connectivity index (χ4n) is 2.86. The summed E-state index contributed by atoms with van der Waals surface area (Å²) in [7, 11) is 1.92. The number of nitrogens with two attached hydrogens (primary N) is 1. The number of rotatable bonds is 10. The molecule has 0 atom stereocenters. The van der Waals surface area contributed by atoms with Gasteiger partial charge in [-0.05, 0) is 48.5 Å². The Balaban J connectivity index is 1.80. The van der Waals surface area contributed by atoms with Crippen molar-refractivity contribution in [1.29, 1.82) is 0 Å². The van der Waals surface area contributed by atoms with Gasteiger partial charge in [-0.15, -0.1) is 0 Å². The quantitative estimate of drug-likeness (QED) is 0.262. The highest BCUT2D eigenvalue weighted by molar-refractivity contribution is 7.97. The number of nitrogens with zero attached hydrogens (tertiary/aromatic N) is 3. The molecule has 0 spiro atoms. The number of allylic oxidation sites excluding steroid dienone is 1. The third-order valence-electron chi connectivity index (χ3n) is 4.35. The number of aromatic nitrogens is 2. The summed E-state index contributed by atoms with van der Waals surface area (Å²) in [5, 5.41) is 3.47. The van der Waals surface area contributed by atoms with Gasteiger partial charge in [-0.1, -0.05) is 30.1 Å². The minimum absolute atomic E-state index is 0.569. The van der Waals surface area contributed by atoms with Crippen LogP contribution in [0.15, 0.2) is 78.3 Å². The molecule has 0 saturated heterocycles. The zero-order valence-corrected chi connectivity index (χ0v) is 17.8. The van der Waals surface area contributed by atoms with E-state index in [1.807, 2.05) is 49.8 Å². The Hall–Kier alpha value is -3.16. The number of aliphatic imine (C=N–C) groups is 1. The molecule has 3 rings (SSSR count). The second kappa shape index (κ2) is 11.7. The predicted octanol–water partition coefficient (Wildman–Crippen LogP) is 3.99. The Morgan fingerprint density at radius 2 is 1.93 bits per heavy atom. The molecule has 7 heteroatoms. The number of benzene rings is 1. The standard InChI is InChI=1S/C23H26N6S/c1-25-30-13-12-29-23-7-6-19(20-5-3-10-27-17-20)14-21(23)22(24)8-11-28-16-18-4-2-9-26-15-18/h2-11,14-15,17,25,29H,12-13,16,24H2,1H3/b22-8-,28-11?. The molecule has 0 fully saturated rings. The van der Waals surface area contributed by atoms with E-state index in [1.165, 1.54) is 0 Å². The van der Waals surface area contributed by atoms with Crippen molar-refractivity contribution in [2.24, 2.45) is 10.7 Å². The van der Waals surface area contributed by atoms with Crippen molar-refractivity contribution in [3.8, 4) is 11.1 Å². The maximum atomic E-state index is 6.44. The lowest BCUT2D eigenvalue weighted by Crippen LogP contribution is -2.10. The SMILES string of the molecule is CNSCCNc1ccc(-c2cccnc2)cc1/C(N)=C/C=NCc1cccnc1. The highest BCUT2D eigenvalue weighted by Crippen LogP contribution is 2.28. The average Bonchev–Trinajstić information content (AvgIpc) is 2.81. The van der Waals surface area contributed by atoms with Crippen molar-refractivity contribution in [3.05, 3.63) is 84.5 Å². The summed E-state index contributed by atoms with van der Waals surface area (Å²) in [6.45, 7) is 1.40. The monoisotopic (exact) mass is 418 g/mol. The van der Waals surface area contributed by atoms with Gasteiger partial charge in [-0.25, -0.2) is 0 Å². The first-order chi connectivity index (χ1) is 14.8. The summed E-state index contributed by atoms with van der Waals surface area (Å²) in [4.78, 5) is 12.8. The second-order valence-electron chi connectivity index (χ2n) is 6.45. The molecule has 0 aliphatic heterocycles. The van der Waals surface area contributed by atoms with Crippen molar-refractivity contribution < 1.29 is 0 Å². The normalized spacial score (nSPS) is 11.7. The van der Waals surface area contributed by atoms with Crippen LogP contribution in [0.3, 0.4) is 0 Å². The molecular weight excluding hydrogens is 392 g/mol. The first-order valence-corrected chi connectivity index (χ1v) is 10.7. The first-order valence-electron chi connectivity index (χ1n) is 9.69. The smallest absolute Gasteiger partial charge is 0.0654 e.